The van der Waals surface area contributed by atoms with Crippen LogP contribution in [0.3, 0.4) is 0 Å². The minimum absolute atomic E-state index is 0.173. The standard InChI is InChI=1S/C18H35N5O5/c1-11(2)9-14(16(26)20-4)23-17(27)13(7-5-6-8-19)22-18(28)15(10-24)21-12(3)25/h11,13-15,24H,5-10,19H2,1-4H3,(H,20,26)(H,21,25)(H,22,28)(H,23,27)/t13-,14-,15-/m1/s1. The fourth-order valence-corrected chi connectivity index (χ4v) is 2.62. The number of unbranched alkanes of at least 4 members (excludes halogenated alkanes) is 1. The molecule has 0 unspecified atom stereocenters. The lowest BCUT2D eigenvalue weighted by Gasteiger charge is -2.25. The van der Waals surface area contributed by atoms with Gasteiger partial charge in [-0.05, 0) is 38.1 Å². The lowest BCUT2D eigenvalue weighted by atomic mass is 10.0. The first-order valence-electron chi connectivity index (χ1n) is 9.56. The zero-order chi connectivity index (χ0) is 21.7. The van der Waals surface area contributed by atoms with Crippen molar-refractivity contribution >= 4 is 23.6 Å². The predicted molar refractivity (Wildman–Crippen MR) is 105 cm³/mol. The van der Waals surface area contributed by atoms with Crippen LogP contribution < -0.4 is 27.0 Å². The van der Waals surface area contributed by atoms with Gasteiger partial charge in [-0.1, -0.05) is 13.8 Å². The number of carbonyl (C=O) groups is 4. The van der Waals surface area contributed by atoms with Gasteiger partial charge >= 0.3 is 0 Å². The molecule has 0 aliphatic rings. The summed E-state index contributed by atoms with van der Waals surface area (Å²) in [6.07, 6.45) is 2.02. The molecule has 0 aliphatic carbocycles. The Morgan fingerprint density at radius 1 is 0.893 bits per heavy atom. The van der Waals surface area contributed by atoms with Gasteiger partial charge in [0, 0.05) is 14.0 Å². The summed E-state index contributed by atoms with van der Waals surface area (Å²) >= 11 is 0. The van der Waals surface area contributed by atoms with Gasteiger partial charge in [0.25, 0.3) is 0 Å². The highest BCUT2D eigenvalue weighted by molar-refractivity contribution is 5.94. The second-order valence-corrected chi connectivity index (χ2v) is 7.09. The molecule has 0 radical (unpaired) electrons. The van der Waals surface area contributed by atoms with E-state index in [2.05, 4.69) is 21.3 Å². The van der Waals surface area contributed by atoms with Crippen molar-refractivity contribution < 1.29 is 24.3 Å². The molecule has 4 amide bonds. The first kappa shape index (κ1) is 25.8. The number of likely N-dealkylation sites (N-methyl/N-ethyl adjacent to an activating group) is 1. The maximum absolute atomic E-state index is 12.7. The molecule has 0 aromatic heterocycles. The molecule has 0 rings (SSSR count). The van der Waals surface area contributed by atoms with Crippen LogP contribution in [0.4, 0.5) is 0 Å². The number of aliphatic hydroxyl groups is 1. The van der Waals surface area contributed by atoms with Crippen LogP contribution in [-0.4, -0.2) is 67.1 Å². The molecule has 0 saturated heterocycles. The van der Waals surface area contributed by atoms with Crippen LogP contribution in [0.2, 0.25) is 0 Å². The van der Waals surface area contributed by atoms with Crippen molar-refractivity contribution in [3.05, 3.63) is 0 Å². The summed E-state index contributed by atoms with van der Waals surface area (Å²) in [5, 5.41) is 19.4. The number of nitrogens with one attached hydrogen (secondary N) is 4. The largest absolute Gasteiger partial charge is 0.394 e. The van der Waals surface area contributed by atoms with E-state index in [0.29, 0.717) is 32.2 Å². The number of amides is 4. The number of hydrogen-bond donors (Lipinski definition) is 6. The minimum Gasteiger partial charge on any atom is -0.394 e. The second-order valence-electron chi connectivity index (χ2n) is 7.09. The molecule has 0 spiro atoms. The number of carbonyl (C=O) groups excluding carboxylic acids is 4. The van der Waals surface area contributed by atoms with E-state index < -0.39 is 42.5 Å². The quantitative estimate of drug-likeness (QED) is 0.203. The van der Waals surface area contributed by atoms with Crippen LogP contribution in [0.5, 0.6) is 0 Å². The average molecular weight is 402 g/mol. The van der Waals surface area contributed by atoms with Crippen molar-refractivity contribution in [2.24, 2.45) is 11.7 Å². The van der Waals surface area contributed by atoms with E-state index in [-0.39, 0.29) is 11.8 Å². The fourth-order valence-electron chi connectivity index (χ4n) is 2.62. The number of aliphatic hydroxyl groups excluding tert-OH is 1. The molecule has 3 atom stereocenters. The van der Waals surface area contributed by atoms with Gasteiger partial charge in [0.2, 0.25) is 23.6 Å². The van der Waals surface area contributed by atoms with E-state index in [4.69, 9.17) is 5.73 Å². The summed E-state index contributed by atoms with van der Waals surface area (Å²) in [5.41, 5.74) is 5.49. The van der Waals surface area contributed by atoms with Crippen molar-refractivity contribution in [1.29, 1.82) is 0 Å². The first-order valence-corrected chi connectivity index (χ1v) is 9.56. The number of hydrogen-bond acceptors (Lipinski definition) is 6. The van der Waals surface area contributed by atoms with Crippen LogP contribution in [0.15, 0.2) is 0 Å². The molecule has 0 bridgehead atoms. The molecule has 0 aromatic carbocycles. The topological polar surface area (TPSA) is 163 Å². The van der Waals surface area contributed by atoms with Gasteiger partial charge < -0.3 is 32.1 Å². The highest BCUT2D eigenvalue weighted by atomic mass is 16.3. The molecule has 7 N–H and O–H groups in total. The van der Waals surface area contributed by atoms with Crippen molar-refractivity contribution in [2.45, 2.75) is 64.6 Å². The Morgan fingerprint density at radius 2 is 1.46 bits per heavy atom. The SMILES string of the molecule is CNC(=O)[C@@H](CC(C)C)NC(=O)[C@@H](CCCCN)NC(=O)[C@@H](CO)NC(C)=O. The minimum atomic E-state index is -1.16. The molecule has 162 valence electrons. The smallest absolute Gasteiger partial charge is 0.245 e. The van der Waals surface area contributed by atoms with Gasteiger partial charge in [-0.25, -0.2) is 0 Å². The molecule has 10 nitrogen and oxygen atoms in total. The summed E-state index contributed by atoms with van der Waals surface area (Å²) in [6.45, 7) is 4.93. The molecule has 10 heteroatoms. The van der Waals surface area contributed by atoms with Crippen LogP contribution >= 0.6 is 0 Å². The monoisotopic (exact) mass is 401 g/mol. The van der Waals surface area contributed by atoms with Crippen molar-refractivity contribution in [3.63, 3.8) is 0 Å². The van der Waals surface area contributed by atoms with Crippen molar-refractivity contribution in [3.8, 4) is 0 Å². The summed E-state index contributed by atoms with van der Waals surface area (Å²) in [6, 6.07) is -2.80. The first-order chi connectivity index (χ1) is 13.2. The van der Waals surface area contributed by atoms with Gasteiger partial charge in [-0.15, -0.1) is 0 Å². The number of rotatable bonds is 13. The van der Waals surface area contributed by atoms with Crippen LogP contribution in [-0.2, 0) is 19.2 Å². The van der Waals surface area contributed by atoms with Crippen LogP contribution in [0.1, 0.15) is 46.5 Å². The number of nitrogens with two attached hydrogens (primary N) is 1. The van der Waals surface area contributed by atoms with E-state index >= 15 is 0 Å². The maximum Gasteiger partial charge on any atom is 0.245 e. The molecule has 0 fully saturated rings. The molecule has 0 saturated carbocycles. The Hall–Kier alpha value is -2.20. The summed E-state index contributed by atoms with van der Waals surface area (Å²) in [4.78, 5) is 48.3. The van der Waals surface area contributed by atoms with Crippen molar-refractivity contribution in [1.82, 2.24) is 21.3 Å². The lowest BCUT2D eigenvalue weighted by molar-refractivity contribution is -0.134. The normalized spacial score (nSPS) is 14.0. The third kappa shape index (κ3) is 10.2. The molecule has 28 heavy (non-hydrogen) atoms. The Kier molecular flexibility index (Phi) is 12.8. The molecular weight excluding hydrogens is 366 g/mol. The molecule has 0 heterocycles. The molecule has 0 aromatic rings. The second kappa shape index (κ2) is 13.9. The maximum atomic E-state index is 12.7. The van der Waals surface area contributed by atoms with Gasteiger partial charge in [-0.2, -0.15) is 0 Å². The Bertz CT molecular complexity index is 526. The highest BCUT2D eigenvalue weighted by Gasteiger charge is 2.28. The average Bonchev–Trinajstić information content (AvgIpc) is 2.63. The van der Waals surface area contributed by atoms with Crippen LogP contribution in [0.25, 0.3) is 0 Å². The fraction of sp³-hybridized carbons (Fsp3) is 0.778. The summed E-state index contributed by atoms with van der Waals surface area (Å²) in [5.74, 6) is -1.80. The Labute approximate surface area is 166 Å². The van der Waals surface area contributed by atoms with Gasteiger partial charge in [-0.3, -0.25) is 19.2 Å². The van der Waals surface area contributed by atoms with Gasteiger partial charge in [0.05, 0.1) is 6.61 Å². The van der Waals surface area contributed by atoms with Crippen molar-refractivity contribution in [2.75, 3.05) is 20.2 Å². The summed E-state index contributed by atoms with van der Waals surface area (Å²) < 4.78 is 0. The summed E-state index contributed by atoms with van der Waals surface area (Å²) in [7, 11) is 1.49. The molecular formula is C18H35N5O5. The van der Waals surface area contributed by atoms with E-state index in [9.17, 15) is 24.3 Å². The van der Waals surface area contributed by atoms with E-state index in [1.165, 1.54) is 14.0 Å². The zero-order valence-corrected chi connectivity index (χ0v) is 17.2. The Balaban J connectivity index is 5.22. The van der Waals surface area contributed by atoms with Crippen LogP contribution in [0, 0.1) is 5.92 Å². The molecule has 0 aliphatic heterocycles. The highest BCUT2D eigenvalue weighted by Crippen LogP contribution is 2.07. The third-order valence-electron chi connectivity index (χ3n) is 4.04. The lowest BCUT2D eigenvalue weighted by Crippen LogP contribution is -2.57. The van der Waals surface area contributed by atoms with Gasteiger partial charge in [0.1, 0.15) is 18.1 Å². The van der Waals surface area contributed by atoms with E-state index in [0.717, 1.165) is 0 Å². The van der Waals surface area contributed by atoms with Gasteiger partial charge in [0.15, 0.2) is 0 Å². The van der Waals surface area contributed by atoms with E-state index in [1.54, 1.807) is 0 Å². The van der Waals surface area contributed by atoms with E-state index in [1.807, 2.05) is 13.8 Å². The Morgan fingerprint density at radius 3 is 1.93 bits per heavy atom. The predicted octanol–water partition coefficient (Wildman–Crippen LogP) is -1.63. The zero-order valence-electron chi connectivity index (χ0n) is 17.2. The third-order valence-corrected chi connectivity index (χ3v) is 4.04.